The number of carbonyl (C=O) groups excluding carboxylic acids is 2. The third-order valence-corrected chi connectivity index (χ3v) is 9.76. The van der Waals surface area contributed by atoms with Gasteiger partial charge in [-0.2, -0.15) is 0 Å². The van der Waals surface area contributed by atoms with Gasteiger partial charge in [0.15, 0.2) is 0 Å². The number of hydrogen-bond acceptors (Lipinski definition) is 4. The van der Waals surface area contributed by atoms with Crippen molar-refractivity contribution in [2.45, 2.75) is 97.4 Å². The molecule has 7 nitrogen and oxygen atoms in total. The molecular weight excluding hydrogens is 596 g/mol. The molecule has 1 atom stereocenters. The number of benzene rings is 3. The van der Waals surface area contributed by atoms with E-state index in [1.807, 2.05) is 35.2 Å². The van der Waals surface area contributed by atoms with Crippen LogP contribution in [0.1, 0.15) is 120 Å². The Morgan fingerprint density at radius 3 is 2.27 bits per heavy atom. The minimum absolute atomic E-state index is 0.0625. The van der Waals surface area contributed by atoms with Gasteiger partial charge in [0.05, 0.1) is 18.3 Å². The van der Waals surface area contributed by atoms with Crippen LogP contribution in [-0.4, -0.2) is 61.1 Å². The number of amides is 3. The molecular formula is C41H56N4O3. The molecule has 3 aromatic rings. The van der Waals surface area contributed by atoms with Gasteiger partial charge < -0.3 is 19.9 Å². The lowest BCUT2D eigenvalue weighted by Gasteiger charge is -2.43. The van der Waals surface area contributed by atoms with Gasteiger partial charge in [-0.05, 0) is 85.5 Å². The molecule has 1 fully saturated rings. The van der Waals surface area contributed by atoms with Crippen molar-refractivity contribution in [2.24, 2.45) is 0 Å². The highest BCUT2D eigenvalue weighted by molar-refractivity contribution is 6.01. The van der Waals surface area contributed by atoms with Crippen LogP contribution >= 0.6 is 0 Å². The Bertz CT molecular complexity index is 1490. The first-order chi connectivity index (χ1) is 23.3. The van der Waals surface area contributed by atoms with Crippen molar-refractivity contribution in [2.75, 3.05) is 49.5 Å². The van der Waals surface area contributed by atoms with Crippen molar-refractivity contribution in [3.8, 4) is 5.75 Å². The van der Waals surface area contributed by atoms with Gasteiger partial charge in [0, 0.05) is 24.3 Å². The van der Waals surface area contributed by atoms with Crippen molar-refractivity contribution >= 4 is 23.3 Å². The van der Waals surface area contributed by atoms with E-state index >= 15 is 0 Å². The van der Waals surface area contributed by atoms with Crippen LogP contribution in [0.4, 0.5) is 16.2 Å². The number of fused-ring (bicyclic) bond motifs is 1. The van der Waals surface area contributed by atoms with Gasteiger partial charge in [-0.25, -0.2) is 4.79 Å². The molecule has 5 rings (SSSR count). The molecule has 1 saturated heterocycles. The first kappa shape index (κ1) is 35.5. The molecule has 3 aromatic carbocycles. The smallest absolute Gasteiger partial charge is 0.325 e. The maximum atomic E-state index is 14.5. The summed E-state index contributed by atoms with van der Waals surface area (Å²) in [5, 5.41) is 3.27. The lowest BCUT2D eigenvalue weighted by molar-refractivity contribution is -0.117. The van der Waals surface area contributed by atoms with E-state index < -0.39 is 6.04 Å². The van der Waals surface area contributed by atoms with Gasteiger partial charge in [0.2, 0.25) is 5.91 Å². The van der Waals surface area contributed by atoms with Crippen molar-refractivity contribution < 1.29 is 14.3 Å². The van der Waals surface area contributed by atoms with E-state index in [-0.39, 0.29) is 30.3 Å². The summed E-state index contributed by atoms with van der Waals surface area (Å²) >= 11 is 0. The third-order valence-electron chi connectivity index (χ3n) is 9.76. The Morgan fingerprint density at radius 1 is 0.854 bits per heavy atom. The zero-order chi connectivity index (χ0) is 34.0. The van der Waals surface area contributed by atoms with Gasteiger partial charge >= 0.3 is 6.03 Å². The van der Waals surface area contributed by atoms with E-state index in [0.717, 1.165) is 71.6 Å². The van der Waals surface area contributed by atoms with Gasteiger partial charge in [-0.1, -0.05) is 102 Å². The van der Waals surface area contributed by atoms with Crippen LogP contribution in [0.5, 0.6) is 5.75 Å². The highest BCUT2D eigenvalue weighted by Gasteiger charge is 2.39. The van der Waals surface area contributed by atoms with E-state index in [1.165, 1.54) is 32.4 Å². The summed E-state index contributed by atoms with van der Waals surface area (Å²) in [6, 6.07) is 21.9. The second kappa shape index (κ2) is 17.0. The molecule has 48 heavy (non-hydrogen) atoms. The molecule has 258 valence electrons. The largest absolute Gasteiger partial charge is 0.494 e. The topological polar surface area (TPSA) is 65.1 Å². The van der Waals surface area contributed by atoms with E-state index in [2.05, 4.69) is 81.2 Å². The van der Waals surface area contributed by atoms with Crippen molar-refractivity contribution in [1.82, 2.24) is 9.80 Å². The molecule has 2 aliphatic rings. The molecule has 0 radical (unpaired) electrons. The Kier molecular flexibility index (Phi) is 12.6. The second-order valence-electron chi connectivity index (χ2n) is 14.1. The average Bonchev–Trinajstić information content (AvgIpc) is 3.08. The Morgan fingerprint density at radius 2 is 1.56 bits per heavy atom. The number of unbranched alkanes of at least 4 members (excludes halogenated alkanes) is 2. The summed E-state index contributed by atoms with van der Waals surface area (Å²) in [7, 11) is 0. The predicted molar refractivity (Wildman–Crippen MR) is 197 cm³/mol. The van der Waals surface area contributed by atoms with Gasteiger partial charge in [-0.3, -0.25) is 9.69 Å². The zero-order valence-corrected chi connectivity index (χ0v) is 29.8. The monoisotopic (exact) mass is 652 g/mol. The standard InChI is InChI=1S/C41H56N4O3/c1-6-7-11-26-44-37-22-10-9-19-36(37)40(32-17-14-18-33(28-32)48-27-16-25-43-23-12-8-13-24-43)45(41(44)47)29-38(46)42-39-34(30(2)3)20-15-21-35(39)31(4)5/h9-10,14-15,17-22,28,30-31,40H,6-8,11-13,16,23-27,29H2,1-5H3,(H,42,46). The van der Waals surface area contributed by atoms with Crippen LogP contribution in [-0.2, 0) is 4.79 Å². The number of urea groups is 1. The molecule has 0 aliphatic carbocycles. The maximum Gasteiger partial charge on any atom is 0.325 e. The second-order valence-corrected chi connectivity index (χ2v) is 14.1. The molecule has 0 spiro atoms. The SMILES string of the molecule is CCCCCN1C(=O)N(CC(=O)Nc2c(C(C)C)cccc2C(C)C)C(c2cccc(OCCCN3CCCCC3)c2)c2ccccc21. The normalized spacial score (nSPS) is 16.8. The Balaban J connectivity index is 1.43. The van der Waals surface area contributed by atoms with E-state index in [9.17, 15) is 9.59 Å². The van der Waals surface area contributed by atoms with Crippen LogP contribution in [0.3, 0.4) is 0 Å². The number of carbonyl (C=O) groups is 2. The molecule has 0 saturated carbocycles. The number of ether oxygens (including phenoxy) is 1. The quantitative estimate of drug-likeness (QED) is 0.166. The summed E-state index contributed by atoms with van der Waals surface area (Å²) in [5.74, 6) is 1.08. The number of para-hydroxylation sites is 2. The number of likely N-dealkylation sites (tertiary alicyclic amines) is 1. The minimum atomic E-state index is -0.427. The lowest BCUT2D eigenvalue weighted by Crippen LogP contribution is -2.52. The molecule has 3 amide bonds. The maximum absolute atomic E-state index is 14.5. The summed E-state index contributed by atoms with van der Waals surface area (Å²) in [5.41, 5.74) is 5.96. The van der Waals surface area contributed by atoms with Crippen LogP contribution in [0.15, 0.2) is 66.7 Å². The molecule has 1 unspecified atom stereocenters. The van der Waals surface area contributed by atoms with E-state index in [1.54, 1.807) is 4.90 Å². The fraction of sp³-hybridized carbons (Fsp3) is 0.512. The molecule has 2 aliphatic heterocycles. The van der Waals surface area contributed by atoms with E-state index in [0.29, 0.717) is 13.2 Å². The van der Waals surface area contributed by atoms with Crippen LogP contribution in [0.25, 0.3) is 0 Å². The fourth-order valence-corrected chi connectivity index (χ4v) is 7.22. The Hall–Kier alpha value is -3.84. The number of rotatable bonds is 15. The molecule has 2 heterocycles. The molecule has 7 heteroatoms. The highest BCUT2D eigenvalue weighted by atomic mass is 16.5. The lowest BCUT2D eigenvalue weighted by atomic mass is 9.92. The minimum Gasteiger partial charge on any atom is -0.494 e. The summed E-state index contributed by atoms with van der Waals surface area (Å²) in [6.07, 6.45) is 7.90. The van der Waals surface area contributed by atoms with Crippen LogP contribution < -0.4 is 15.0 Å². The average molecular weight is 653 g/mol. The molecule has 0 bridgehead atoms. The van der Waals surface area contributed by atoms with Crippen LogP contribution in [0, 0.1) is 0 Å². The van der Waals surface area contributed by atoms with Crippen molar-refractivity contribution in [3.63, 3.8) is 0 Å². The first-order valence-corrected chi connectivity index (χ1v) is 18.3. The number of hydrogen-bond donors (Lipinski definition) is 1. The third kappa shape index (κ3) is 8.59. The summed E-state index contributed by atoms with van der Waals surface area (Å²) < 4.78 is 6.28. The highest BCUT2D eigenvalue weighted by Crippen LogP contribution is 2.42. The van der Waals surface area contributed by atoms with Crippen molar-refractivity contribution in [3.05, 3.63) is 89.0 Å². The zero-order valence-electron chi connectivity index (χ0n) is 29.8. The number of nitrogens with one attached hydrogen (secondary N) is 1. The van der Waals surface area contributed by atoms with Crippen LogP contribution in [0.2, 0.25) is 0 Å². The molecule has 0 aromatic heterocycles. The van der Waals surface area contributed by atoms with Gasteiger partial charge in [-0.15, -0.1) is 0 Å². The molecule has 1 N–H and O–H groups in total. The Labute approximate surface area is 288 Å². The van der Waals surface area contributed by atoms with Crippen molar-refractivity contribution in [1.29, 1.82) is 0 Å². The first-order valence-electron chi connectivity index (χ1n) is 18.3. The van der Waals surface area contributed by atoms with Gasteiger partial charge in [0.1, 0.15) is 12.3 Å². The summed E-state index contributed by atoms with van der Waals surface area (Å²) in [4.78, 5) is 34.7. The predicted octanol–water partition coefficient (Wildman–Crippen LogP) is 9.35. The summed E-state index contributed by atoms with van der Waals surface area (Å²) in [6.45, 7) is 15.4. The van der Waals surface area contributed by atoms with Gasteiger partial charge in [0.25, 0.3) is 0 Å². The number of anilines is 2. The number of nitrogens with zero attached hydrogens (tertiary/aromatic N) is 3. The van der Waals surface area contributed by atoms with E-state index in [4.69, 9.17) is 4.74 Å². The fourth-order valence-electron chi connectivity index (χ4n) is 7.22. The number of piperidine rings is 1.